The quantitative estimate of drug-likeness (QED) is 0.266. The van der Waals surface area contributed by atoms with Crippen LogP contribution in [0.15, 0.2) is 76.7 Å². The highest BCUT2D eigenvalue weighted by Crippen LogP contribution is 2.55. The van der Waals surface area contributed by atoms with Crippen LogP contribution in [0.2, 0.25) is 5.02 Å². The van der Waals surface area contributed by atoms with E-state index in [0.29, 0.717) is 23.9 Å². The molecule has 0 unspecified atom stereocenters. The summed E-state index contributed by atoms with van der Waals surface area (Å²) in [5, 5.41) is 4.97. The molecule has 2 aromatic heterocycles. The number of benzene rings is 2. The number of hydrogen-bond donors (Lipinski definition) is 0. The van der Waals surface area contributed by atoms with Gasteiger partial charge in [-0.1, -0.05) is 59.2 Å². The molecule has 216 valence electrons. The van der Waals surface area contributed by atoms with E-state index in [2.05, 4.69) is 27.2 Å². The number of aromatic nitrogens is 4. The fourth-order valence-electron chi connectivity index (χ4n) is 6.16. The molecule has 2 fully saturated rings. The summed E-state index contributed by atoms with van der Waals surface area (Å²) in [4.78, 5) is 11.3. The van der Waals surface area contributed by atoms with Crippen LogP contribution in [-0.2, 0) is 28.9 Å². The molecule has 2 atom stereocenters. The first kappa shape index (κ1) is 28.1. The maximum absolute atomic E-state index is 13.3. The van der Waals surface area contributed by atoms with Gasteiger partial charge in [-0.3, -0.25) is 0 Å². The molecule has 6 rings (SSSR count). The first-order valence-corrected chi connectivity index (χ1v) is 15.8. The Kier molecular flexibility index (Phi) is 7.76. The molecule has 0 radical (unpaired) electrons. The van der Waals surface area contributed by atoms with E-state index in [1.807, 2.05) is 42.5 Å². The van der Waals surface area contributed by atoms with E-state index in [9.17, 15) is 8.42 Å². The largest absolute Gasteiger partial charge is 0.339 e. The topological polar surface area (TPSA) is 97.4 Å². The molecule has 1 aliphatic heterocycles. The van der Waals surface area contributed by atoms with E-state index in [4.69, 9.17) is 21.1 Å². The molecule has 2 aliphatic rings. The monoisotopic (exact) mass is 594 g/mol. The lowest BCUT2D eigenvalue weighted by Gasteiger charge is -2.32. The van der Waals surface area contributed by atoms with Crippen molar-refractivity contribution in [2.24, 2.45) is 13.0 Å². The van der Waals surface area contributed by atoms with Crippen molar-refractivity contribution in [1.29, 1.82) is 0 Å². The van der Waals surface area contributed by atoms with Gasteiger partial charge in [0.1, 0.15) is 0 Å². The molecule has 0 spiro atoms. The third-order valence-corrected chi connectivity index (χ3v) is 10.6. The molecule has 11 heteroatoms. The number of likely N-dealkylation sites (N-methyl/N-ethyl adjacent to an activating group) is 1. The van der Waals surface area contributed by atoms with Gasteiger partial charge < -0.3 is 14.0 Å². The zero-order valence-electron chi connectivity index (χ0n) is 23.4. The lowest BCUT2D eigenvalue weighted by molar-refractivity contribution is 0.182. The van der Waals surface area contributed by atoms with Crippen LogP contribution in [0.1, 0.15) is 48.0 Å². The Morgan fingerprint density at radius 3 is 2.51 bits per heavy atom. The molecule has 0 amide bonds. The smallest absolute Gasteiger partial charge is 0.261 e. The molecule has 2 aromatic carbocycles. The molecular formula is C30H35ClN6O3S. The van der Waals surface area contributed by atoms with Crippen LogP contribution in [0.25, 0.3) is 0 Å². The van der Waals surface area contributed by atoms with Crippen LogP contribution in [0.4, 0.5) is 0 Å². The lowest BCUT2D eigenvalue weighted by Crippen LogP contribution is -2.39. The van der Waals surface area contributed by atoms with Gasteiger partial charge in [-0.05, 0) is 61.5 Å². The Morgan fingerprint density at radius 2 is 1.83 bits per heavy atom. The number of imidazole rings is 1. The predicted octanol–water partition coefficient (Wildman–Crippen LogP) is 4.51. The van der Waals surface area contributed by atoms with Crippen molar-refractivity contribution in [3.8, 4) is 0 Å². The van der Waals surface area contributed by atoms with Gasteiger partial charge in [0.25, 0.3) is 10.0 Å². The van der Waals surface area contributed by atoms with Gasteiger partial charge in [-0.2, -0.15) is 9.29 Å². The van der Waals surface area contributed by atoms with Gasteiger partial charge in [0.15, 0.2) is 10.9 Å². The predicted molar refractivity (Wildman–Crippen MR) is 156 cm³/mol. The number of rotatable bonds is 10. The number of nitrogens with zero attached hydrogens (tertiary/aromatic N) is 6. The van der Waals surface area contributed by atoms with Gasteiger partial charge in [-0.25, -0.2) is 13.4 Å². The van der Waals surface area contributed by atoms with E-state index in [0.717, 1.165) is 56.2 Å². The fourth-order valence-corrected chi connectivity index (χ4v) is 7.49. The second-order valence-electron chi connectivity index (χ2n) is 11.5. The molecule has 3 heterocycles. The van der Waals surface area contributed by atoms with Gasteiger partial charge in [0.05, 0.1) is 6.33 Å². The van der Waals surface area contributed by atoms with Crippen LogP contribution in [-0.4, -0.2) is 70.5 Å². The third kappa shape index (κ3) is 5.97. The Balaban J connectivity index is 1.10. The maximum Gasteiger partial charge on any atom is 0.261 e. The standard InChI is InChI=1S/C30H35ClN6O3S/c1-35-19-28(32-21-35)41(38,39)36(2)20-30(24-8-10-26(31)11-9-24)17-25(30)18-37-14-12-23(13-15-37)29-33-27(34-40-29)16-22-6-4-3-5-7-22/h3-11,19,21,23,25H,12-18,20H2,1-2H3/t25-,30+/m0/s1. The van der Waals surface area contributed by atoms with Gasteiger partial charge >= 0.3 is 0 Å². The molecule has 1 saturated heterocycles. The average Bonchev–Trinajstić information content (AvgIpc) is 3.27. The third-order valence-electron chi connectivity index (χ3n) is 8.62. The summed E-state index contributed by atoms with van der Waals surface area (Å²) in [6.07, 6.45) is 6.56. The molecule has 0 N–H and O–H groups in total. The highest BCUT2D eigenvalue weighted by atomic mass is 35.5. The van der Waals surface area contributed by atoms with Crippen LogP contribution in [0.5, 0.6) is 0 Å². The van der Waals surface area contributed by atoms with E-state index in [1.165, 1.54) is 16.2 Å². The first-order valence-electron chi connectivity index (χ1n) is 14.0. The summed E-state index contributed by atoms with van der Waals surface area (Å²) in [5.41, 5.74) is 2.03. The fraction of sp³-hybridized carbons (Fsp3) is 0.433. The van der Waals surface area contributed by atoms with Gasteiger partial charge in [-0.15, -0.1) is 0 Å². The highest BCUT2D eigenvalue weighted by molar-refractivity contribution is 7.89. The van der Waals surface area contributed by atoms with Crippen molar-refractivity contribution < 1.29 is 12.9 Å². The number of halogens is 1. The lowest BCUT2D eigenvalue weighted by atomic mass is 9.92. The molecular weight excluding hydrogens is 560 g/mol. The summed E-state index contributed by atoms with van der Waals surface area (Å²) in [6.45, 7) is 3.18. The van der Waals surface area contributed by atoms with Gasteiger partial charge in [0.2, 0.25) is 5.89 Å². The summed E-state index contributed by atoms with van der Waals surface area (Å²) in [7, 11) is -0.283. The Hall–Kier alpha value is -3.05. The Morgan fingerprint density at radius 1 is 1.10 bits per heavy atom. The zero-order chi connectivity index (χ0) is 28.6. The normalized spacial score (nSPS) is 21.9. The maximum atomic E-state index is 13.3. The highest BCUT2D eigenvalue weighted by Gasteiger charge is 2.57. The number of likely N-dealkylation sites (tertiary alicyclic amines) is 1. The second kappa shape index (κ2) is 11.3. The van der Waals surface area contributed by atoms with Crippen LogP contribution in [0.3, 0.4) is 0 Å². The SMILES string of the molecule is CN(C[C@@]1(c2ccc(Cl)cc2)C[C@H]1CN1CCC(c2nc(Cc3ccccc3)no2)CC1)S(=O)(=O)c1cn(C)cn1. The number of hydrogen-bond acceptors (Lipinski definition) is 7. The minimum atomic E-state index is -3.70. The first-order chi connectivity index (χ1) is 19.7. The molecule has 0 bridgehead atoms. The second-order valence-corrected chi connectivity index (χ2v) is 13.9. The molecule has 1 saturated carbocycles. The van der Waals surface area contributed by atoms with Gasteiger partial charge in [0, 0.05) is 56.2 Å². The van der Waals surface area contributed by atoms with Crippen molar-refractivity contribution >= 4 is 21.6 Å². The molecule has 41 heavy (non-hydrogen) atoms. The minimum Gasteiger partial charge on any atom is -0.339 e. The zero-order valence-corrected chi connectivity index (χ0v) is 24.9. The molecule has 1 aliphatic carbocycles. The van der Waals surface area contributed by atoms with Crippen LogP contribution >= 0.6 is 11.6 Å². The van der Waals surface area contributed by atoms with Crippen molar-refractivity contribution in [2.75, 3.05) is 33.2 Å². The number of aryl methyl sites for hydroxylation is 1. The minimum absolute atomic E-state index is 0.0704. The van der Waals surface area contributed by atoms with Crippen molar-refractivity contribution in [1.82, 2.24) is 28.9 Å². The molecule has 4 aromatic rings. The van der Waals surface area contributed by atoms with E-state index < -0.39 is 10.0 Å². The van der Waals surface area contributed by atoms with Crippen LogP contribution in [0, 0.1) is 5.92 Å². The van der Waals surface area contributed by atoms with E-state index >= 15 is 0 Å². The number of sulfonamides is 1. The average molecular weight is 595 g/mol. The Labute approximate surface area is 246 Å². The van der Waals surface area contributed by atoms with Crippen molar-refractivity contribution in [3.63, 3.8) is 0 Å². The van der Waals surface area contributed by atoms with Crippen LogP contribution < -0.4 is 0 Å². The summed E-state index contributed by atoms with van der Waals surface area (Å²) in [6, 6.07) is 18.0. The summed E-state index contributed by atoms with van der Waals surface area (Å²) in [5.74, 6) is 2.06. The van der Waals surface area contributed by atoms with E-state index in [-0.39, 0.29) is 16.4 Å². The van der Waals surface area contributed by atoms with Crippen molar-refractivity contribution in [2.45, 2.75) is 42.0 Å². The van der Waals surface area contributed by atoms with Crippen molar-refractivity contribution in [3.05, 3.63) is 95.0 Å². The van der Waals surface area contributed by atoms with E-state index in [1.54, 1.807) is 24.9 Å². The summed E-state index contributed by atoms with van der Waals surface area (Å²) < 4.78 is 35.4. The molecule has 9 nitrogen and oxygen atoms in total. The Bertz CT molecular complexity index is 1580. The number of piperidine rings is 1. The summed E-state index contributed by atoms with van der Waals surface area (Å²) >= 11 is 6.20.